The van der Waals surface area contributed by atoms with Crippen molar-refractivity contribution < 1.29 is 19.4 Å². The van der Waals surface area contributed by atoms with Gasteiger partial charge in [-0.2, -0.15) is 0 Å². The lowest BCUT2D eigenvalue weighted by atomic mass is 9.93. The van der Waals surface area contributed by atoms with Crippen LogP contribution in [0, 0.1) is 0 Å². The molecule has 5 nitrogen and oxygen atoms in total. The quantitative estimate of drug-likeness (QED) is 0.639. The fourth-order valence-electron chi connectivity index (χ4n) is 3.05. The van der Waals surface area contributed by atoms with Crippen LogP contribution in [0.2, 0.25) is 0 Å². The Labute approximate surface area is 170 Å². The van der Waals surface area contributed by atoms with Gasteiger partial charge >= 0.3 is 0 Å². The summed E-state index contributed by atoms with van der Waals surface area (Å²) in [6.45, 7) is 1.74. The summed E-state index contributed by atoms with van der Waals surface area (Å²) in [6, 6.07) is 22.7. The number of ether oxygens (including phenoxy) is 2. The third kappa shape index (κ3) is 4.95. The first-order chi connectivity index (χ1) is 13.9. The smallest absolute Gasteiger partial charge is 0.251 e. The van der Waals surface area contributed by atoms with Gasteiger partial charge in [-0.1, -0.05) is 54.6 Å². The maximum Gasteiger partial charge on any atom is 0.251 e. The monoisotopic (exact) mass is 391 g/mol. The maximum atomic E-state index is 12.6. The minimum atomic E-state index is -1.21. The van der Waals surface area contributed by atoms with Crippen LogP contribution < -0.4 is 14.8 Å². The fraction of sp³-hybridized carbons (Fsp3) is 0.208. The molecule has 0 saturated carbocycles. The normalized spacial score (nSPS) is 12.7. The van der Waals surface area contributed by atoms with E-state index in [-0.39, 0.29) is 12.5 Å². The largest absolute Gasteiger partial charge is 0.497 e. The lowest BCUT2D eigenvalue weighted by Gasteiger charge is -2.24. The molecule has 3 rings (SSSR count). The van der Waals surface area contributed by atoms with E-state index in [1.807, 2.05) is 54.6 Å². The second-order valence-electron chi connectivity index (χ2n) is 7.00. The molecule has 0 saturated heterocycles. The van der Waals surface area contributed by atoms with E-state index in [2.05, 4.69) is 5.32 Å². The molecule has 150 valence electrons. The van der Waals surface area contributed by atoms with Crippen molar-refractivity contribution in [3.63, 3.8) is 0 Å². The van der Waals surface area contributed by atoms with E-state index >= 15 is 0 Å². The van der Waals surface area contributed by atoms with Crippen LogP contribution in [0.4, 0.5) is 0 Å². The Balaban J connectivity index is 1.70. The average Bonchev–Trinajstić information content (AvgIpc) is 2.77. The molecule has 1 unspecified atom stereocenters. The Morgan fingerprint density at radius 2 is 1.45 bits per heavy atom. The van der Waals surface area contributed by atoms with Crippen LogP contribution in [0.1, 0.15) is 22.8 Å². The van der Waals surface area contributed by atoms with E-state index in [0.717, 1.165) is 16.7 Å². The number of carbonyl (C=O) groups is 1. The van der Waals surface area contributed by atoms with Gasteiger partial charge in [-0.05, 0) is 35.7 Å². The van der Waals surface area contributed by atoms with Crippen LogP contribution in [0.15, 0.2) is 72.8 Å². The number of hydrogen-bond donors (Lipinski definition) is 2. The number of rotatable bonds is 7. The molecule has 0 bridgehead atoms. The second-order valence-corrected chi connectivity index (χ2v) is 7.00. The molecule has 0 fully saturated rings. The predicted octanol–water partition coefficient (Wildman–Crippen LogP) is 4.01. The molecule has 0 spiro atoms. The Morgan fingerprint density at radius 3 is 2.00 bits per heavy atom. The van der Waals surface area contributed by atoms with Gasteiger partial charge in [-0.15, -0.1) is 0 Å². The number of methoxy groups -OCH3 is 2. The van der Waals surface area contributed by atoms with Gasteiger partial charge in [0, 0.05) is 11.6 Å². The fourth-order valence-corrected chi connectivity index (χ4v) is 3.05. The molecule has 1 atom stereocenters. The molecule has 5 heteroatoms. The Bertz CT molecular complexity index is 944. The van der Waals surface area contributed by atoms with Crippen molar-refractivity contribution in [3.05, 3.63) is 83.9 Å². The number of benzene rings is 3. The van der Waals surface area contributed by atoms with Crippen LogP contribution in [0.25, 0.3) is 11.1 Å². The van der Waals surface area contributed by atoms with Crippen molar-refractivity contribution in [1.29, 1.82) is 0 Å². The SMILES string of the molecule is COc1cc(OC)cc(C(=O)NCC(C)(O)c2ccc(-c3ccccc3)cc2)c1. The minimum Gasteiger partial charge on any atom is -0.497 e. The van der Waals surface area contributed by atoms with Crippen LogP contribution >= 0.6 is 0 Å². The molecule has 2 N–H and O–H groups in total. The number of aliphatic hydroxyl groups is 1. The zero-order valence-corrected chi connectivity index (χ0v) is 16.8. The minimum absolute atomic E-state index is 0.0655. The molecule has 0 aliphatic carbocycles. The van der Waals surface area contributed by atoms with Crippen molar-refractivity contribution in [2.45, 2.75) is 12.5 Å². The standard InChI is InChI=1S/C24H25NO4/c1-24(27,20-11-9-18(10-12-20)17-7-5-4-6-8-17)16-25-23(26)19-13-21(28-2)15-22(14-19)29-3/h4-15,27H,16H2,1-3H3,(H,25,26). The highest BCUT2D eigenvalue weighted by Gasteiger charge is 2.24. The third-order valence-electron chi connectivity index (χ3n) is 4.82. The first-order valence-electron chi connectivity index (χ1n) is 9.32. The van der Waals surface area contributed by atoms with Gasteiger partial charge in [0.2, 0.25) is 0 Å². The number of amides is 1. The summed E-state index contributed by atoms with van der Waals surface area (Å²) in [6.07, 6.45) is 0. The van der Waals surface area contributed by atoms with Gasteiger partial charge in [0.15, 0.2) is 0 Å². The van der Waals surface area contributed by atoms with Crippen molar-refractivity contribution in [3.8, 4) is 22.6 Å². The summed E-state index contributed by atoms with van der Waals surface area (Å²) >= 11 is 0. The van der Waals surface area contributed by atoms with Gasteiger partial charge in [0.1, 0.15) is 17.1 Å². The molecule has 0 aliphatic heterocycles. The maximum absolute atomic E-state index is 12.6. The Kier molecular flexibility index (Phi) is 6.20. The molecule has 0 aromatic heterocycles. The van der Waals surface area contributed by atoms with Crippen molar-refractivity contribution in [1.82, 2.24) is 5.32 Å². The van der Waals surface area contributed by atoms with Crippen molar-refractivity contribution >= 4 is 5.91 Å². The highest BCUT2D eigenvalue weighted by Crippen LogP contribution is 2.26. The number of hydrogen-bond acceptors (Lipinski definition) is 4. The summed E-state index contributed by atoms with van der Waals surface area (Å²) < 4.78 is 10.4. The van der Waals surface area contributed by atoms with Crippen molar-refractivity contribution in [2.75, 3.05) is 20.8 Å². The van der Waals surface area contributed by atoms with Gasteiger partial charge in [-0.25, -0.2) is 0 Å². The molecule has 0 radical (unpaired) electrons. The second kappa shape index (κ2) is 8.80. The number of nitrogens with one attached hydrogen (secondary N) is 1. The highest BCUT2D eigenvalue weighted by atomic mass is 16.5. The topological polar surface area (TPSA) is 67.8 Å². The van der Waals surface area contributed by atoms with Gasteiger partial charge in [-0.3, -0.25) is 4.79 Å². The molecule has 1 amide bonds. The summed E-state index contributed by atoms with van der Waals surface area (Å²) in [5.41, 5.74) is 2.09. The summed E-state index contributed by atoms with van der Waals surface area (Å²) in [5.74, 6) is 0.735. The highest BCUT2D eigenvalue weighted by molar-refractivity contribution is 5.95. The predicted molar refractivity (Wildman–Crippen MR) is 113 cm³/mol. The third-order valence-corrected chi connectivity index (χ3v) is 4.82. The summed E-state index contributed by atoms with van der Waals surface area (Å²) in [5, 5.41) is 13.7. The van der Waals surface area contributed by atoms with Gasteiger partial charge < -0.3 is 19.9 Å². The molecule has 3 aromatic carbocycles. The average molecular weight is 391 g/mol. The van der Waals surface area contributed by atoms with Crippen LogP contribution in [0.3, 0.4) is 0 Å². The molecule has 29 heavy (non-hydrogen) atoms. The van der Waals surface area contributed by atoms with E-state index in [1.165, 1.54) is 14.2 Å². The van der Waals surface area contributed by atoms with E-state index < -0.39 is 5.60 Å². The van der Waals surface area contributed by atoms with Gasteiger partial charge in [0.25, 0.3) is 5.91 Å². The van der Waals surface area contributed by atoms with Crippen LogP contribution in [0.5, 0.6) is 11.5 Å². The van der Waals surface area contributed by atoms with Crippen molar-refractivity contribution in [2.24, 2.45) is 0 Å². The van der Waals surface area contributed by atoms with Crippen LogP contribution in [-0.4, -0.2) is 31.8 Å². The first kappa shape index (κ1) is 20.4. The van der Waals surface area contributed by atoms with E-state index in [0.29, 0.717) is 17.1 Å². The zero-order valence-electron chi connectivity index (χ0n) is 16.8. The summed E-state index contributed by atoms with van der Waals surface area (Å²) in [4.78, 5) is 12.6. The molecular formula is C24H25NO4. The summed E-state index contributed by atoms with van der Waals surface area (Å²) in [7, 11) is 3.06. The van der Waals surface area contributed by atoms with Gasteiger partial charge in [0.05, 0.1) is 20.8 Å². The Morgan fingerprint density at radius 1 is 0.897 bits per heavy atom. The van der Waals surface area contributed by atoms with E-state index in [4.69, 9.17) is 9.47 Å². The first-order valence-corrected chi connectivity index (χ1v) is 9.32. The van der Waals surface area contributed by atoms with E-state index in [1.54, 1.807) is 25.1 Å². The van der Waals surface area contributed by atoms with E-state index in [9.17, 15) is 9.90 Å². The lowest BCUT2D eigenvalue weighted by molar-refractivity contribution is 0.0526. The lowest BCUT2D eigenvalue weighted by Crippen LogP contribution is -2.38. The van der Waals surface area contributed by atoms with Crippen LogP contribution in [-0.2, 0) is 5.60 Å². The zero-order chi connectivity index (χ0) is 20.9. The molecule has 0 heterocycles. The molecular weight excluding hydrogens is 366 g/mol. The molecule has 0 aliphatic rings. The number of carbonyl (C=O) groups excluding carboxylic acids is 1. The Hall–Kier alpha value is -3.31. The molecule has 3 aromatic rings.